The molecule has 6 heteroatoms. The summed E-state index contributed by atoms with van der Waals surface area (Å²) in [6.07, 6.45) is 1.11. The summed E-state index contributed by atoms with van der Waals surface area (Å²) in [4.78, 5) is 25.0. The quantitative estimate of drug-likeness (QED) is 0.686. The number of nitrogens with one attached hydrogen (secondary N) is 1. The van der Waals surface area contributed by atoms with Crippen LogP contribution in [0.25, 0.3) is 0 Å². The number of nitro benzene ring substituents is 1. The van der Waals surface area contributed by atoms with Gasteiger partial charge in [0.1, 0.15) is 5.69 Å². The fraction of sp³-hybridized carbons (Fsp3) is 0.533. The van der Waals surface area contributed by atoms with E-state index in [1.54, 1.807) is 24.1 Å². The minimum absolute atomic E-state index is 0.0681. The molecule has 1 N–H and O–H groups in total. The molecule has 6 nitrogen and oxygen atoms in total. The molecule has 1 heterocycles. The number of nitro groups is 1. The van der Waals surface area contributed by atoms with Gasteiger partial charge in [0, 0.05) is 31.8 Å². The smallest absolute Gasteiger partial charge is 0.293 e. The van der Waals surface area contributed by atoms with Crippen LogP contribution in [0.5, 0.6) is 0 Å². The summed E-state index contributed by atoms with van der Waals surface area (Å²) in [7, 11) is 1.62. The van der Waals surface area contributed by atoms with Gasteiger partial charge < -0.3 is 10.2 Å². The summed E-state index contributed by atoms with van der Waals surface area (Å²) in [6.45, 7) is 5.68. The molecule has 1 aliphatic heterocycles. The standard InChI is InChI=1S/C15H21N3O3/c1-10-6-11(2)9-17(8-10)15(19)12-4-5-13(16-3)14(7-12)18(20)21/h4-5,7,10-11,16H,6,8-9H2,1-3H3. The van der Waals surface area contributed by atoms with Crippen LogP contribution < -0.4 is 5.32 Å². The Hall–Kier alpha value is -2.11. The van der Waals surface area contributed by atoms with Crippen molar-refractivity contribution in [2.24, 2.45) is 11.8 Å². The minimum Gasteiger partial charge on any atom is -0.383 e. The van der Waals surface area contributed by atoms with Crippen LogP contribution >= 0.6 is 0 Å². The molecule has 114 valence electrons. The number of anilines is 1. The van der Waals surface area contributed by atoms with Gasteiger partial charge in [-0.05, 0) is 30.4 Å². The Bertz CT molecular complexity index is 549. The first-order chi connectivity index (χ1) is 9.92. The number of hydrogen-bond donors (Lipinski definition) is 1. The average molecular weight is 291 g/mol. The molecule has 1 fully saturated rings. The molecular weight excluding hydrogens is 270 g/mol. The number of amides is 1. The van der Waals surface area contributed by atoms with Crippen molar-refractivity contribution in [1.82, 2.24) is 4.90 Å². The zero-order valence-corrected chi connectivity index (χ0v) is 12.6. The molecule has 1 aromatic rings. The highest BCUT2D eigenvalue weighted by atomic mass is 16.6. The molecule has 2 unspecified atom stereocenters. The van der Waals surface area contributed by atoms with Gasteiger partial charge in [0.25, 0.3) is 11.6 Å². The Labute approximate surface area is 124 Å². The van der Waals surface area contributed by atoms with Crippen LogP contribution in [0.1, 0.15) is 30.6 Å². The second kappa shape index (κ2) is 6.11. The summed E-state index contributed by atoms with van der Waals surface area (Å²) in [5.74, 6) is 0.799. The molecular formula is C15H21N3O3. The topological polar surface area (TPSA) is 75.5 Å². The van der Waals surface area contributed by atoms with Crippen molar-refractivity contribution in [3.8, 4) is 0 Å². The number of nitrogens with zero attached hydrogens (tertiary/aromatic N) is 2. The Morgan fingerprint density at radius 1 is 1.33 bits per heavy atom. The van der Waals surface area contributed by atoms with Gasteiger partial charge in [-0.1, -0.05) is 13.8 Å². The Morgan fingerprint density at radius 3 is 2.48 bits per heavy atom. The average Bonchev–Trinajstić information content (AvgIpc) is 2.44. The van der Waals surface area contributed by atoms with Crippen LogP contribution in [0, 0.1) is 22.0 Å². The second-order valence-corrected chi connectivity index (χ2v) is 5.90. The molecule has 1 aliphatic rings. The fourth-order valence-corrected chi connectivity index (χ4v) is 3.04. The normalized spacial score (nSPS) is 22.0. The van der Waals surface area contributed by atoms with Crippen LogP contribution in [-0.4, -0.2) is 35.9 Å². The summed E-state index contributed by atoms with van der Waals surface area (Å²) < 4.78 is 0. The number of carbonyl (C=O) groups is 1. The van der Waals surface area contributed by atoms with Gasteiger partial charge in [-0.25, -0.2) is 0 Å². The zero-order chi connectivity index (χ0) is 15.6. The number of piperidine rings is 1. The number of hydrogen-bond acceptors (Lipinski definition) is 4. The first-order valence-electron chi connectivity index (χ1n) is 7.17. The van der Waals surface area contributed by atoms with Crippen molar-refractivity contribution in [2.75, 3.05) is 25.5 Å². The van der Waals surface area contributed by atoms with Crippen LogP contribution in [-0.2, 0) is 0 Å². The molecule has 0 radical (unpaired) electrons. The number of carbonyl (C=O) groups excluding carboxylic acids is 1. The molecule has 1 saturated heterocycles. The van der Waals surface area contributed by atoms with Gasteiger partial charge in [-0.2, -0.15) is 0 Å². The second-order valence-electron chi connectivity index (χ2n) is 5.90. The highest BCUT2D eigenvalue weighted by Crippen LogP contribution is 2.27. The van der Waals surface area contributed by atoms with Crippen molar-refractivity contribution < 1.29 is 9.72 Å². The fourth-order valence-electron chi connectivity index (χ4n) is 3.04. The zero-order valence-electron chi connectivity index (χ0n) is 12.6. The minimum atomic E-state index is -0.468. The van der Waals surface area contributed by atoms with Crippen molar-refractivity contribution >= 4 is 17.3 Å². The first kappa shape index (κ1) is 15.3. The maximum Gasteiger partial charge on any atom is 0.293 e. The van der Waals surface area contributed by atoms with Gasteiger partial charge in [0.05, 0.1) is 4.92 Å². The molecule has 0 spiro atoms. The van der Waals surface area contributed by atoms with Crippen LogP contribution in [0.3, 0.4) is 0 Å². The molecule has 0 bridgehead atoms. The van der Waals surface area contributed by atoms with Crippen LogP contribution in [0.15, 0.2) is 18.2 Å². The first-order valence-corrected chi connectivity index (χ1v) is 7.17. The molecule has 0 aromatic heterocycles. The van der Waals surface area contributed by atoms with E-state index in [1.165, 1.54) is 6.07 Å². The third-order valence-corrected chi connectivity index (χ3v) is 3.87. The predicted molar refractivity (Wildman–Crippen MR) is 81.5 cm³/mol. The lowest BCUT2D eigenvalue weighted by Crippen LogP contribution is -2.42. The monoisotopic (exact) mass is 291 g/mol. The Kier molecular flexibility index (Phi) is 4.45. The number of rotatable bonds is 3. The van der Waals surface area contributed by atoms with E-state index in [2.05, 4.69) is 19.2 Å². The van der Waals surface area contributed by atoms with Crippen LogP contribution in [0.4, 0.5) is 11.4 Å². The van der Waals surface area contributed by atoms with E-state index in [1.807, 2.05) is 0 Å². The Morgan fingerprint density at radius 2 is 1.95 bits per heavy atom. The molecule has 0 aliphatic carbocycles. The summed E-state index contributed by atoms with van der Waals surface area (Å²) in [6, 6.07) is 4.59. The van der Waals surface area contributed by atoms with Gasteiger partial charge in [0.2, 0.25) is 0 Å². The van der Waals surface area contributed by atoms with Crippen molar-refractivity contribution in [3.05, 3.63) is 33.9 Å². The van der Waals surface area contributed by atoms with Crippen LogP contribution in [0.2, 0.25) is 0 Å². The molecule has 21 heavy (non-hydrogen) atoms. The van der Waals surface area contributed by atoms with E-state index in [4.69, 9.17) is 0 Å². The summed E-state index contributed by atoms with van der Waals surface area (Å²) >= 11 is 0. The Balaban J connectivity index is 2.27. The third kappa shape index (κ3) is 3.32. The van der Waals surface area contributed by atoms with E-state index in [-0.39, 0.29) is 11.6 Å². The lowest BCUT2D eigenvalue weighted by molar-refractivity contribution is -0.384. The molecule has 2 rings (SSSR count). The number of likely N-dealkylation sites (tertiary alicyclic amines) is 1. The lowest BCUT2D eigenvalue weighted by Gasteiger charge is -2.35. The van der Waals surface area contributed by atoms with Gasteiger partial charge in [-0.3, -0.25) is 14.9 Å². The van der Waals surface area contributed by atoms with E-state index < -0.39 is 4.92 Å². The molecule has 1 aromatic carbocycles. The van der Waals surface area contributed by atoms with Gasteiger partial charge in [-0.15, -0.1) is 0 Å². The lowest BCUT2D eigenvalue weighted by atomic mass is 9.91. The highest BCUT2D eigenvalue weighted by Gasteiger charge is 2.27. The van der Waals surface area contributed by atoms with Crippen molar-refractivity contribution in [3.63, 3.8) is 0 Å². The SMILES string of the molecule is CNc1ccc(C(=O)N2CC(C)CC(C)C2)cc1[N+](=O)[O-]. The highest BCUT2D eigenvalue weighted by molar-refractivity contribution is 5.95. The van der Waals surface area contributed by atoms with E-state index in [0.29, 0.717) is 36.2 Å². The summed E-state index contributed by atoms with van der Waals surface area (Å²) in [5, 5.41) is 13.8. The van der Waals surface area contributed by atoms with Gasteiger partial charge >= 0.3 is 0 Å². The van der Waals surface area contributed by atoms with Crippen molar-refractivity contribution in [1.29, 1.82) is 0 Å². The predicted octanol–water partition coefficient (Wildman–Crippen LogP) is 2.75. The van der Waals surface area contributed by atoms with E-state index >= 15 is 0 Å². The molecule has 1 amide bonds. The maximum absolute atomic E-state index is 12.5. The maximum atomic E-state index is 12.5. The number of benzene rings is 1. The largest absolute Gasteiger partial charge is 0.383 e. The molecule has 2 atom stereocenters. The van der Waals surface area contributed by atoms with Gasteiger partial charge in [0.15, 0.2) is 0 Å². The van der Waals surface area contributed by atoms with E-state index in [9.17, 15) is 14.9 Å². The third-order valence-electron chi connectivity index (χ3n) is 3.87. The summed E-state index contributed by atoms with van der Waals surface area (Å²) in [5.41, 5.74) is 0.723. The van der Waals surface area contributed by atoms with E-state index in [0.717, 1.165) is 6.42 Å². The van der Waals surface area contributed by atoms with Crippen molar-refractivity contribution in [2.45, 2.75) is 20.3 Å². The molecule has 0 saturated carbocycles.